The molecule has 4 rings (SSSR count). The van der Waals surface area contributed by atoms with Gasteiger partial charge in [-0.25, -0.2) is 15.0 Å². The maximum atomic E-state index is 5.67. The SMILES string of the molecule is COc1ccc2nc(/C=C/c3ccccn3)nc(N[C@@H]3CCCC[C@@H]3N=C(N)N)c2c1.Cl.Cl.Cl. The van der Waals surface area contributed by atoms with Gasteiger partial charge in [-0.2, -0.15) is 0 Å². The summed E-state index contributed by atoms with van der Waals surface area (Å²) in [5.41, 5.74) is 13.0. The van der Waals surface area contributed by atoms with E-state index in [1.54, 1.807) is 13.3 Å². The normalized spacial score (nSPS) is 17.1. The molecule has 5 N–H and O–H groups in total. The molecular weight excluding hydrogens is 497 g/mol. The molecule has 3 aromatic rings. The highest BCUT2D eigenvalue weighted by Crippen LogP contribution is 2.29. The number of aromatic nitrogens is 3. The van der Waals surface area contributed by atoms with Gasteiger partial charge in [-0.15, -0.1) is 37.2 Å². The quantitative estimate of drug-likeness (QED) is 0.320. The molecule has 34 heavy (non-hydrogen) atoms. The molecule has 0 spiro atoms. The maximum absolute atomic E-state index is 5.67. The van der Waals surface area contributed by atoms with Crippen molar-refractivity contribution >= 4 is 72.1 Å². The fraction of sp³-hybridized carbons (Fsp3) is 0.304. The first kappa shape index (κ1) is 29.2. The fourth-order valence-electron chi connectivity index (χ4n) is 3.87. The van der Waals surface area contributed by atoms with Gasteiger partial charge in [0.05, 0.1) is 30.4 Å². The van der Waals surface area contributed by atoms with E-state index in [0.29, 0.717) is 5.82 Å². The monoisotopic (exact) mass is 525 g/mol. The van der Waals surface area contributed by atoms with Gasteiger partial charge in [0, 0.05) is 11.6 Å². The number of anilines is 1. The van der Waals surface area contributed by atoms with Crippen LogP contribution in [-0.4, -0.2) is 40.1 Å². The van der Waals surface area contributed by atoms with Crippen LogP contribution in [0.3, 0.4) is 0 Å². The maximum Gasteiger partial charge on any atom is 0.186 e. The largest absolute Gasteiger partial charge is 0.497 e. The minimum atomic E-state index is 0. The van der Waals surface area contributed by atoms with Crippen molar-refractivity contribution in [3.8, 4) is 5.75 Å². The third-order valence-corrected chi connectivity index (χ3v) is 5.38. The molecule has 0 bridgehead atoms. The van der Waals surface area contributed by atoms with Crippen LogP contribution in [0.5, 0.6) is 5.75 Å². The molecule has 2 aromatic heterocycles. The van der Waals surface area contributed by atoms with E-state index in [2.05, 4.69) is 15.3 Å². The Bertz CT molecular complexity index is 1110. The molecule has 0 unspecified atom stereocenters. The lowest BCUT2D eigenvalue weighted by molar-refractivity contribution is 0.405. The zero-order valence-electron chi connectivity index (χ0n) is 18.8. The third kappa shape index (κ3) is 7.35. The van der Waals surface area contributed by atoms with E-state index in [1.165, 1.54) is 0 Å². The first-order valence-corrected chi connectivity index (χ1v) is 10.4. The van der Waals surface area contributed by atoms with Gasteiger partial charge in [0.2, 0.25) is 0 Å². The van der Waals surface area contributed by atoms with Crippen LogP contribution in [-0.2, 0) is 0 Å². The van der Waals surface area contributed by atoms with Gasteiger partial charge >= 0.3 is 0 Å². The average molecular weight is 527 g/mol. The van der Waals surface area contributed by atoms with Crippen molar-refractivity contribution in [1.29, 1.82) is 0 Å². The average Bonchev–Trinajstić information content (AvgIpc) is 2.79. The summed E-state index contributed by atoms with van der Waals surface area (Å²) >= 11 is 0. The molecule has 2 atom stereocenters. The molecule has 11 heteroatoms. The Labute approximate surface area is 217 Å². The molecular formula is C23H30Cl3N7O. The van der Waals surface area contributed by atoms with Gasteiger partial charge in [-0.1, -0.05) is 18.9 Å². The van der Waals surface area contributed by atoms with Gasteiger partial charge in [-0.3, -0.25) is 4.98 Å². The molecule has 1 fully saturated rings. The van der Waals surface area contributed by atoms with Crippen LogP contribution in [0, 0.1) is 0 Å². The number of hydrogen-bond acceptors (Lipinski definition) is 6. The van der Waals surface area contributed by atoms with Crippen molar-refractivity contribution in [3.63, 3.8) is 0 Å². The number of pyridine rings is 1. The minimum absolute atomic E-state index is 0. The summed E-state index contributed by atoms with van der Waals surface area (Å²) in [7, 11) is 1.65. The Kier molecular flexibility index (Phi) is 11.9. The van der Waals surface area contributed by atoms with Gasteiger partial charge < -0.3 is 21.5 Å². The summed E-state index contributed by atoms with van der Waals surface area (Å²) in [5, 5.41) is 4.49. The predicted molar refractivity (Wildman–Crippen MR) is 146 cm³/mol. The second kappa shape index (κ2) is 13.8. The van der Waals surface area contributed by atoms with Crippen LogP contribution in [0.4, 0.5) is 5.82 Å². The highest BCUT2D eigenvalue weighted by Gasteiger charge is 2.26. The lowest BCUT2D eigenvalue weighted by atomic mass is 9.90. The van der Waals surface area contributed by atoms with Gasteiger partial charge in [0.15, 0.2) is 11.8 Å². The minimum Gasteiger partial charge on any atom is -0.497 e. The van der Waals surface area contributed by atoms with Crippen molar-refractivity contribution in [2.45, 2.75) is 37.8 Å². The standard InChI is InChI=1S/C23H27N7O.3ClH/c1-31-16-10-11-18-17(14-16)22(28-19-7-2-3-8-20(19)29-23(24)25)30-21(27-18)12-9-15-6-4-5-13-26-15;;;/h4-6,9-14,19-20H,2-3,7-8H2,1H3,(H4,24,25,29)(H,27,28,30);3*1H/b12-9+;;;/t19-,20+;;;/m1.../s1. The predicted octanol–water partition coefficient (Wildman–Crippen LogP) is 4.47. The van der Waals surface area contributed by atoms with E-state index in [-0.39, 0.29) is 55.3 Å². The molecule has 8 nitrogen and oxygen atoms in total. The second-order valence-electron chi connectivity index (χ2n) is 7.56. The number of benzene rings is 1. The number of nitrogens with one attached hydrogen (secondary N) is 1. The van der Waals surface area contributed by atoms with Crippen LogP contribution < -0.4 is 21.5 Å². The number of methoxy groups -OCH3 is 1. The van der Waals surface area contributed by atoms with Gasteiger partial charge in [-0.05, 0) is 55.3 Å². The van der Waals surface area contributed by atoms with Crippen molar-refractivity contribution in [2.75, 3.05) is 12.4 Å². The molecule has 2 heterocycles. The smallest absolute Gasteiger partial charge is 0.186 e. The molecule has 0 amide bonds. The zero-order chi connectivity index (χ0) is 21.6. The van der Waals surface area contributed by atoms with Crippen LogP contribution in [0.1, 0.15) is 37.2 Å². The highest BCUT2D eigenvalue weighted by molar-refractivity contribution is 5.91. The van der Waals surface area contributed by atoms with Crippen LogP contribution in [0.2, 0.25) is 0 Å². The van der Waals surface area contributed by atoms with Crippen LogP contribution in [0.25, 0.3) is 23.1 Å². The number of nitrogens with zero attached hydrogens (tertiary/aromatic N) is 4. The Morgan fingerprint density at radius 2 is 1.85 bits per heavy atom. The number of hydrogen-bond donors (Lipinski definition) is 3. The summed E-state index contributed by atoms with van der Waals surface area (Å²) in [5.74, 6) is 2.21. The number of guanidine groups is 1. The van der Waals surface area contributed by atoms with Crippen molar-refractivity contribution < 1.29 is 4.74 Å². The van der Waals surface area contributed by atoms with Crippen molar-refractivity contribution in [1.82, 2.24) is 15.0 Å². The first-order chi connectivity index (χ1) is 15.1. The summed E-state index contributed by atoms with van der Waals surface area (Å²) in [4.78, 5) is 18.3. The first-order valence-electron chi connectivity index (χ1n) is 10.4. The number of aliphatic imine (C=N–C) groups is 1. The Morgan fingerprint density at radius 3 is 2.56 bits per heavy atom. The van der Waals surface area contributed by atoms with Gasteiger partial charge in [0.25, 0.3) is 0 Å². The summed E-state index contributed by atoms with van der Waals surface area (Å²) in [6, 6.07) is 11.7. The molecule has 184 valence electrons. The Hall–Kier alpha value is -2.81. The number of ether oxygens (including phenoxy) is 1. The zero-order valence-corrected chi connectivity index (χ0v) is 21.2. The Balaban J connectivity index is 0.00000193. The molecule has 1 aliphatic rings. The second-order valence-corrected chi connectivity index (χ2v) is 7.56. The highest BCUT2D eigenvalue weighted by atomic mass is 35.5. The number of rotatable bonds is 6. The number of halogens is 3. The molecule has 0 aliphatic heterocycles. The summed E-state index contributed by atoms with van der Waals surface area (Å²) < 4.78 is 5.42. The summed E-state index contributed by atoms with van der Waals surface area (Å²) in [6.07, 6.45) is 9.66. The lowest BCUT2D eigenvalue weighted by Crippen LogP contribution is -2.38. The van der Waals surface area contributed by atoms with E-state index >= 15 is 0 Å². The van der Waals surface area contributed by atoms with Gasteiger partial charge in [0.1, 0.15) is 11.6 Å². The van der Waals surface area contributed by atoms with Crippen molar-refractivity contribution in [2.24, 2.45) is 16.5 Å². The molecule has 1 aliphatic carbocycles. The molecule has 0 saturated heterocycles. The van der Waals surface area contributed by atoms with E-state index in [0.717, 1.165) is 53.8 Å². The van der Waals surface area contributed by atoms with E-state index in [9.17, 15) is 0 Å². The molecule has 0 radical (unpaired) electrons. The molecule has 1 aromatic carbocycles. The van der Waals surface area contributed by atoms with E-state index in [1.807, 2.05) is 48.6 Å². The Morgan fingerprint density at radius 1 is 1.06 bits per heavy atom. The molecule has 1 saturated carbocycles. The number of fused-ring (bicyclic) bond motifs is 1. The van der Waals surface area contributed by atoms with E-state index in [4.69, 9.17) is 26.2 Å². The van der Waals surface area contributed by atoms with E-state index < -0.39 is 0 Å². The van der Waals surface area contributed by atoms with Crippen LogP contribution >= 0.6 is 37.2 Å². The third-order valence-electron chi connectivity index (χ3n) is 5.38. The van der Waals surface area contributed by atoms with Crippen molar-refractivity contribution in [3.05, 3.63) is 54.1 Å². The summed E-state index contributed by atoms with van der Waals surface area (Å²) in [6.45, 7) is 0. The fourth-order valence-corrected chi connectivity index (χ4v) is 3.87. The lowest BCUT2D eigenvalue weighted by Gasteiger charge is -2.30. The van der Waals surface area contributed by atoms with Crippen LogP contribution in [0.15, 0.2) is 47.6 Å². The number of nitrogens with two attached hydrogens (primary N) is 2. The topological polar surface area (TPSA) is 124 Å².